The zero-order valence-corrected chi connectivity index (χ0v) is 13.8. The second-order valence-corrected chi connectivity index (χ2v) is 6.06. The van der Waals surface area contributed by atoms with Gasteiger partial charge in [-0.2, -0.15) is 0 Å². The van der Waals surface area contributed by atoms with Crippen LogP contribution in [0.3, 0.4) is 0 Å². The molecule has 2 aromatic rings. The normalized spacial score (nSPS) is 10.5. The first-order valence-corrected chi connectivity index (χ1v) is 7.29. The molecule has 0 amide bonds. The first kappa shape index (κ1) is 14.3. The molecular weight excluding hydrogens is 374 g/mol. The number of pyridine rings is 1. The quantitative estimate of drug-likeness (QED) is 0.804. The Morgan fingerprint density at radius 1 is 1.21 bits per heavy atom. The van der Waals surface area contributed by atoms with Crippen molar-refractivity contribution in [3.63, 3.8) is 0 Å². The van der Waals surface area contributed by atoms with Crippen molar-refractivity contribution in [3.05, 3.63) is 60.9 Å². The van der Waals surface area contributed by atoms with E-state index in [9.17, 15) is 4.79 Å². The van der Waals surface area contributed by atoms with Crippen LogP contribution in [-0.2, 0) is 6.54 Å². The number of rotatable bonds is 3. The summed E-state index contributed by atoms with van der Waals surface area (Å²) in [6, 6.07) is 7.57. The molecule has 0 aliphatic heterocycles. The van der Waals surface area contributed by atoms with Crippen LogP contribution in [0.1, 0.15) is 11.1 Å². The molecule has 0 aliphatic carbocycles. The fourth-order valence-corrected chi connectivity index (χ4v) is 2.91. The number of ether oxygens (including phenoxy) is 1. The molecule has 0 fully saturated rings. The molecule has 5 heteroatoms. The van der Waals surface area contributed by atoms with E-state index in [2.05, 4.69) is 31.9 Å². The summed E-state index contributed by atoms with van der Waals surface area (Å²) in [6.45, 7) is 2.28. The third-order valence-corrected chi connectivity index (χ3v) is 3.74. The predicted molar refractivity (Wildman–Crippen MR) is 82.9 cm³/mol. The van der Waals surface area contributed by atoms with Gasteiger partial charge >= 0.3 is 0 Å². The molecule has 19 heavy (non-hydrogen) atoms. The maximum absolute atomic E-state index is 12.1. The summed E-state index contributed by atoms with van der Waals surface area (Å²) in [6.07, 6.45) is 1.79. The SMILES string of the molecule is COc1ccc(Br)cc1Cn1cc(Br)cc(C)c1=O. The third-order valence-electron chi connectivity index (χ3n) is 2.81. The molecule has 0 spiro atoms. The van der Waals surface area contributed by atoms with Gasteiger partial charge in [0.2, 0.25) is 0 Å². The lowest BCUT2D eigenvalue weighted by Crippen LogP contribution is -2.22. The van der Waals surface area contributed by atoms with Crippen LogP contribution in [0.15, 0.2) is 44.2 Å². The Balaban J connectivity index is 2.47. The summed E-state index contributed by atoms with van der Waals surface area (Å²) in [7, 11) is 1.63. The van der Waals surface area contributed by atoms with Gasteiger partial charge < -0.3 is 9.30 Å². The highest BCUT2D eigenvalue weighted by Gasteiger charge is 2.07. The summed E-state index contributed by atoms with van der Waals surface area (Å²) >= 11 is 6.84. The van der Waals surface area contributed by atoms with Crippen molar-refractivity contribution in [2.75, 3.05) is 7.11 Å². The van der Waals surface area contributed by atoms with E-state index in [1.807, 2.05) is 31.2 Å². The largest absolute Gasteiger partial charge is 0.496 e. The van der Waals surface area contributed by atoms with Gasteiger partial charge in [-0.1, -0.05) is 15.9 Å². The van der Waals surface area contributed by atoms with Crippen LogP contribution >= 0.6 is 31.9 Å². The predicted octanol–water partition coefficient (Wildman–Crippen LogP) is 3.74. The third kappa shape index (κ3) is 3.28. The van der Waals surface area contributed by atoms with Crippen molar-refractivity contribution in [2.45, 2.75) is 13.5 Å². The van der Waals surface area contributed by atoms with Gasteiger partial charge in [0.1, 0.15) is 5.75 Å². The second kappa shape index (κ2) is 5.92. The minimum Gasteiger partial charge on any atom is -0.496 e. The highest BCUT2D eigenvalue weighted by molar-refractivity contribution is 9.10. The minimum atomic E-state index is 0.00484. The zero-order valence-electron chi connectivity index (χ0n) is 10.6. The summed E-state index contributed by atoms with van der Waals surface area (Å²) < 4.78 is 8.84. The van der Waals surface area contributed by atoms with E-state index in [1.54, 1.807) is 17.9 Å². The second-order valence-electron chi connectivity index (χ2n) is 4.23. The Morgan fingerprint density at radius 2 is 1.95 bits per heavy atom. The standard InChI is InChI=1S/C14H13Br2NO2/c1-9-5-12(16)8-17(14(9)18)7-10-6-11(15)3-4-13(10)19-2/h3-6,8H,7H2,1-2H3. The molecule has 0 saturated heterocycles. The van der Waals surface area contributed by atoms with Gasteiger partial charge in [0.25, 0.3) is 5.56 Å². The molecule has 1 aromatic carbocycles. The molecule has 0 radical (unpaired) electrons. The molecule has 0 N–H and O–H groups in total. The lowest BCUT2D eigenvalue weighted by Gasteiger charge is -2.12. The first-order chi connectivity index (χ1) is 9.01. The molecule has 0 atom stereocenters. The molecule has 0 bridgehead atoms. The van der Waals surface area contributed by atoms with Crippen molar-refractivity contribution in [1.82, 2.24) is 4.57 Å². The number of halogens is 2. The monoisotopic (exact) mass is 385 g/mol. The Hall–Kier alpha value is -1.07. The van der Waals surface area contributed by atoms with Crippen molar-refractivity contribution in [2.24, 2.45) is 0 Å². The van der Waals surface area contributed by atoms with Gasteiger partial charge in [0, 0.05) is 26.3 Å². The summed E-state index contributed by atoms with van der Waals surface area (Å²) in [5.41, 5.74) is 1.67. The summed E-state index contributed by atoms with van der Waals surface area (Å²) in [5.74, 6) is 0.771. The van der Waals surface area contributed by atoms with Crippen LogP contribution in [0.2, 0.25) is 0 Å². The zero-order chi connectivity index (χ0) is 14.0. The fourth-order valence-electron chi connectivity index (χ4n) is 1.91. The van der Waals surface area contributed by atoms with Gasteiger partial charge in [0.15, 0.2) is 0 Å². The highest BCUT2D eigenvalue weighted by atomic mass is 79.9. The molecule has 2 rings (SSSR count). The van der Waals surface area contributed by atoms with Crippen LogP contribution in [0, 0.1) is 6.92 Å². The Bertz CT molecular complexity index is 665. The highest BCUT2D eigenvalue weighted by Crippen LogP contribution is 2.23. The van der Waals surface area contributed by atoms with Crippen molar-refractivity contribution >= 4 is 31.9 Å². The van der Waals surface area contributed by atoms with E-state index < -0.39 is 0 Å². The number of hydrogen-bond acceptors (Lipinski definition) is 2. The molecule has 0 unspecified atom stereocenters. The molecule has 100 valence electrons. The van der Waals surface area contributed by atoms with Gasteiger partial charge in [-0.3, -0.25) is 4.79 Å². The summed E-state index contributed by atoms with van der Waals surface area (Å²) in [4.78, 5) is 12.1. The molecule has 3 nitrogen and oxygen atoms in total. The molecule has 0 saturated carbocycles. The topological polar surface area (TPSA) is 31.2 Å². The first-order valence-electron chi connectivity index (χ1n) is 5.70. The van der Waals surface area contributed by atoms with Gasteiger partial charge in [-0.15, -0.1) is 0 Å². The van der Waals surface area contributed by atoms with E-state index in [-0.39, 0.29) is 5.56 Å². The Labute approximate surface area is 128 Å². The van der Waals surface area contributed by atoms with Crippen molar-refractivity contribution < 1.29 is 4.74 Å². The lowest BCUT2D eigenvalue weighted by atomic mass is 10.2. The molecule has 1 aromatic heterocycles. The van der Waals surface area contributed by atoms with Gasteiger partial charge in [-0.25, -0.2) is 0 Å². The Kier molecular flexibility index (Phi) is 4.47. The number of methoxy groups -OCH3 is 1. The number of aromatic nitrogens is 1. The number of nitrogens with zero attached hydrogens (tertiary/aromatic N) is 1. The fraction of sp³-hybridized carbons (Fsp3) is 0.214. The number of hydrogen-bond donors (Lipinski definition) is 0. The smallest absolute Gasteiger partial charge is 0.253 e. The van der Waals surface area contributed by atoms with E-state index in [4.69, 9.17) is 4.74 Å². The van der Waals surface area contributed by atoms with Gasteiger partial charge in [0.05, 0.1) is 13.7 Å². The van der Waals surface area contributed by atoms with Crippen LogP contribution in [0.25, 0.3) is 0 Å². The average Bonchev–Trinajstić information content (AvgIpc) is 2.35. The van der Waals surface area contributed by atoms with Crippen LogP contribution in [0.4, 0.5) is 0 Å². The van der Waals surface area contributed by atoms with Crippen molar-refractivity contribution in [1.29, 1.82) is 0 Å². The van der Waals surface area contributed by atoms with Crippen molar-refractivity contribution in [3.8, 4) is 5.75 Å². The maximum atomic E-state index is 12.1. The van der Waals surface area contributed by atoms with E-state index in [0.29, 0.717) is 12.1 Å². The molecular formula is C14H13Br2NO2. The van der Waals surface area contributed by atoms with Crippen LogP contribution in [0.5, 0.6) is 5.75 Å². The van der Waals surface area contributed by atoms with E-state index in [1.165, 1.54) is 0 Å². The van der Waals surface area contributed by atoms with Crippen LogP contribution in [-0.4, -0.2) is 11.7 Å². The lowest BCUT2D eigenvalue weighted by molar-refractivity contribution is 0.408. The maximum Gasteiger partial charge on any atom is 0.253 e. The van der Waals surface area contributed by atoms with Crippen LogP contribution < -0.4 is 10.3 Å². The Morgan fingerprint density at radius 3 is 2.63 bits per heavy atom. The minimum absolute atomic E-state index is 0.00484. The average molecular weight is 387 g/mol. The van der Waals surface area contributed by atoms with Gasteiger partial charge in [-0.05, 0) is 47.1 Å². The van der Waals surface area contributed by atoms with E-state index in [0.717, 1.165) is 20.3 Å². The number of aryl methyl sites for hydroxylation is 1. The molecule has 0 aliphatic rings. The van der Waals surface area contributed by atoms with E-state index >= 15 is 0 Å². The summed E-state index contributed by atoms with van der Waals surface area (Å²) in [5, 5.41) is 0. The number of benzene rings is 1. The molecule has 1 heterocycles.